The molecule has 0 amide bonds. The van der Waals surface area contributed by atoms with E-state index in [9.17, 15) is 8.42 Å². The summed E-state index contributed by atoms with van der Waals surface area (Å²) in [5.74, 6) is 0. The van der Waals surface area contributed by atoms with Crippen LogP contribution in [0.5, 0.6) is 0 Å². The van der Waals surface area contributed by atoms with Crippen molar-refractivity contribution in [1.82, 2.24) is 14.5 Å². The molecule has 0 atom stereocenters. The number of hydrogen-bond acceptors (Lipinski definition) is 3. The molecule has 3 rings (SSSR count). The van der Waals surface area contributed by atoms with Crippen LogP contribution in [0, 0.1) is 0 Å². The minimum atomic E-state index is -3.82. The van der Waals surface area contributed by atoms with Crippen LogP contribution in [-0.2, 0) is 16.4 Å². The second-order valence-electron chi connectivity index (χ2n) is 5.43. The fourth-order valence-corrected chi connectivity index (χ4v) is 5.36. The van der Waals surface area contributed by atoms with Crippen molar-refractivity contribution in [2.75, 3.05) is 6.54 Å². The molecule has 1 heterocycles. The first-order valence-corrected chi connectivity index (χ1v) is 10.6. The van der Waals surface area contributed by atoms with Gasteiger partial charge in [-0.15, -0.1) is 0 Å². The van der Waals surface area contributed by atoms with Gasteiger partial charge in [-0.2, -0.15) is 5.10 Å². The summed E-state index contributed by atoms with van der Waals surface area (Å²) in [6.07, 6.45) is 2.27. The third kappa shape index (κ3) is 4.47. The summed E-state index contributed by atoms with van der Waals surface area (Å²) < 4.78 is 29.8. The van der Waals surface area contributed by atoms with Crippen LogP contribution in [0.15, 0.2) is 64.1 Å². The first-order valence-electron chi connectivity index (χ1n) is 7.61. The van der Waals surface area contributed by atoms with Gasteiger partial charge in [-0.05, 0) is 30.3 Å². The molecule has 9 heteroatoms. The standard InChI is InChI=1S/C17H14BrCl2N3O2S/c18-12-10-15(19)17(16(20)11-12)26(24,25)21-8-6-13-7-9-23(22-13)14-4-2-1-3-5-14/h1-5,7,9-11,21H,6,8H2. The van der Waals surface area contributed by atoms with Crippen molar-refractivity contribution >= 4 is 49.2 Å². The first-order chi connectivity index (χ1) is 12.4. The number of sulfonamides is 1. The molecule has 3 aromatic rings. The maximum absolute atomic E-state index is 12.5. The lowest BCUT2D eigenvalue weighted by Crippen LogP contribution is -2.26. The SMILES string of the molecule is O=S(=O)(NCCc1ccn(-c2ccccc2)n1)c1c(Cl)cc(Br)cc1Cl. The maximum Gasteiger partial charge on any atom is 0.243 e. The van der Waals surface area contributed by atoms with Crippen LogP contribution in [0.2, 0.25) is 10.0 Å². The van der Waals surface area contributed by atoms with E-state index >= 15 is 0 Å². The molecule has 136 valence electrons. The summed E-state index contributed by atoms with van der Waals surface area (Å²) in [4.78, 5) is -0.126. The predicted molar refractivity (Wildman–Crippen MR) is 107 cm³/mol. The molecule has 0 spiro atoms. The van der Waals surface area contributed by atoms with Gasteiger partial charge >= 0.3 is 0 Å². The van der Waals surface area contributed by atoms with Gasteiger partial charge in [0.15, 0.2) is 0 Å². The topological polar surface area (TPSA) is 64.0 Å². The number of rotatable bonds is 6. The Morgan fingerprint density at radius 3 is 2.38 bits per heavy atom. The Morgan fingerprint density at radius 1 is 1.08 bits per heavy atom. The van der Waals surface area contributed by atoms with E-state index in [4.69, 9.17) is 23.2 Å². The number of nitrogens with zero attached hydrogens (tertiary/aromatic N) is 2. The zero-order valence-electron chi connectivity index (χ0n) is 13.4. The van der Waals surface area contributed by atoms with Gasteiger partial charge in [0, 0.05) is 23.6 Å². The molecule has 0 saturated heterocycles. The first kappa shape index (κ1) is 19.4. The highest BCUT2D eigenvalue weighted by Crippen LogP contribution is 2.32. The van der Waals surface area contributed by atoms with E-state index in [0.29, 0.717) is 10.9 Å². The van der Waals surface area contributed by atoms with Crippen LogP contribution >= 0.6 is 39.1 Å². The lowest BCUT2D eigenvalue weighted by atomic mass is 10.3. The molecule has 1 N–H and O–H groups in total. The molecule has 0 aliphatic heterocycles. The van der Waals surface area contributed by atoms with Crippen LogP contribution in [0.3, 0.4) is 0 Å². The molecule has 0 fully saturated rings. The fourth-order valence-electron chi connectivity index (χ4n) is 2.39. The van der Waals surface area contributed by atoms with Gasteiger partial charge in [-0.1, -0.05) is 57.3 Å². The minimum absolute atomic E-state index is 0.0604. The van der Waals surface area contributed by atoms with E-state index in [2.05, 4.69) is 25.8 Å². The second kappa shape index (κ2) is 8.10. The van der Waals surface area contributed by atoms with Gasteiger partial charge in [0.1, 0.15) is 4.90 Å². The van der Waals surface area contributed by atoms with Gasteiger partial charge in [0.2, 0.25) is 10.0 Å². The van der Waals surface area contributed by atoms with Gasteiger partial charge in [0.05, 0.1) is 21.4 Å². The average molecular weight is 475 g/mol. The molecule has 0 bridgehead atoms. The van der Waals surface area contributed by atoms with Crippen molar-refractivity contribution < 1.29 is 8.42 Å². The van der Waals surface area contributed by atoms with E-state index in [1.165, 1.54) is 12.1 Å². The minimum Gasteiger partial charge on any atom is -0.241 e. The summed E-state index contributed by atoms with van der Waals surface area (Å²) in [7, 11) is -3.82. The van der Waals surface area contributed by atoms with Crippen molar-refractivity contribution in [3.05, 3.63) is 74.9 Å². The summed E-state index contributed by atoms with van der Waals surface area (Å²) in [5, 5.41) is 4.56. The van der Waals surface area contributed by atoms with E-state index in [0.717, 1.165) is 11.4 Å². The predicted octanol–water partition coefficient (Wildman–Crippen LogP) is 4.46. The summed E-state index contributed by atoms with van der Waals surface area (Å²) in [5.41, 5.74) is 1.71. The normalized spacial score (nSPS) is 11.7. The van der Waals surface area contributed by atoms with Gasteiger partial charge in [-0.3, -0.25) is 0 Å². The molecular weight excluding hydrogens is 461 g/mol. The molecule has 26 heavy (non-hydrogen) atoms. The molecule has 0 aliphatic rings. The van der Waals surface area contributed by atoms with E-state index in [1.54, 1.807) is 4.68 Å². The molecule has 0 aliphatic carbocycles. The fraction of sp³-hybridized carbons (Fsp3) is 0.118. The highest BCUT2D eigenvalue weighted by molar-refractivity contribution is 9.10. The van der Waals surface area contributed by atoms with Crippen molar-refractivity contribution in [1.29, 1.82) is 0 Å². The maximum atomic E-state index is 12.5. The number of para-hydroxylation sites is 1. The molecule has 0 unspecified atom stereocenters. The van der Waals surface area contributed by atoms with Crippen molar-refractivity contribution in [3.63, 3.8) is 0 Å². The Hall–Kier alpha value is -1.38. The molecular formula is C17H14BrCl2N3O2S. The Bertz CT molecular complexity index is 1000. The lowest BCUT2D eigenvalue weighted by Gasteiger charge is -2.10. The Morgan fingerprint density at radius 2 is 1.73 bits per heavy atom. The highest BCUT2D eigenvalue weighted by atomic mass is 79.9. The zero-order chi connectivity index (χ0) is 18.7. The summed E-state index contributed by atoms with van der Waals surface area (Å²) in [6.45, 7) is 0.177. The van der Waals surface area contributed by atoms with Crippen molar-refractivity contribution in [2.24, 2.45) is 0 Å². The number of benzene rings is 2. The van der Waals surface area contributed by atoms with Gasteiger partial charge in [-0.25, -0.2) is 17.8 Å². The highest BCUT2D eigenvalue weighted by Gasteiger charge is 2.22. The van der Waals surface area contributed by atoms with Crippen molar-refractivity contribution in [2.45, 2.75) is 11.3 Å². The molecule has 1 aromatic heterocycles. The van der Waals surface area contributed by atoms with Gasteiger partial charge in [0.25, 0.3) is 0 Å². The average Bonchev–Trinajstić information content (AvgIpc) is 3.03. The smallest absolute Gasteiger partial charge is 0.241 e. The van der Waals surface area contributed by atoms with E-state index in [-0.39, 0.29) is 21.5 Å². The van der Waals surface area contributed by atoms with Gasteiger partial charge < -0.3 is 0 Å². The van der Waals surface area contributed by atoms with Crippen LogP contribution < -0.4 is 4.72 Å². The molecule has 0 saturated carbocycles. The number of nitrogens with one attached hydrogen (secondary N) is 1. The third-order valence-electron chi connectivity index (χ3n) is 3.57. The number of aromatic nitrogens is 2. The van der Waals surface area contributed by atoms with E-state index in [1.807, 2.05) is 42.6 Å². The van der Waals surface area contributed by atoms with Crippen LogP contribution in [0.4, 0.5) is 0 Å². The quantitative estimate of drug-likeness (QED) is 0.573. The molecule has 2 aromatic carbocycles. The number of halogens is 3. The molecule has 0 radical (unpaired) electrons. The summed E-state index contributed by atoms with van der Waals surface area (Å²) in [6, 6.07) is 14.5. The number of hydrogen-bond donors (Lipinski definition) is 1. The zero-order valence-corrected chi connectivity index (χ0v) is 17.3. The van der Waals surface area contributed by atoms with Crippen LogP contribution in [0.25, 0.3) is 5.69 Å². The Balaban J connectivity index is 1.68. The largest absolute Gasteiger partial charge is 0.243 e. The van der Waals surface area contributed by atoms with Crippen molar-refractivity contribution in [3.8, 4) is 5.69 Å². The van der Waals surface area contributed by atoms with Crippen LogP contribution in [-0.4, -0.2) is 24.7 Å². The second-order valence-corrected chi connectivity index (χ2v) is 8.87. The van der Waals surface area contributed by atoms with Crippen LogP contribution in [0.1, 0.15) is 5.69 Å². The lowest BCUT2D eigenvalue weighted by molar-refractivity contribution is 0.581. The summed E-state index contributed by atoms with van der Waals surface area (Å²) >= 11 is 15.3. The monoisotopic (exact) mass is 473 g/mol. The Labute approximate surface area is 170 Å². The molecule has 5 nitrogen and oxygen atoms in total. The Kier molecular flexibility index (Phi) is 6.04. The third-order valence-corrected chi connectivity index (χ3v) is 6.41. The van der Waals surface area contributed by atoms with E-state index < -0.39 is 10.0 Å².